The molecule has 0 aliphatic heterocycles. The Morgan fingerprint density at radius 3 is 2.64 bits per heavy atom. The van der Waals surface area contributed by atoms with Crippen molar-refractivity contribution in [3.63, 3.8) is 0 Å². The van der Waals surface area contributed by atoms with Crippen molar-refractivity contribution in [3.05, 3.63) is 75.4 Å². The lowest BCUT2D eigenvalue weighted by Gasteiger charge is -2.30. The maximum atomic E-state index is 13.4. The van der Waals surface area contributed by atoms with Crippen molar-refractivity contribution in [2.75, 3.05) is 11.9 Å². The summed E-state index contributed by atoms with van der Waals surface area (Å²) < 4.78 is 13.4. The molecule has 0 fully saturated rings. The maximum absolute atomic E-state index is 13.4. The average molecular weight is 402 g/mol. The summed E-state index contributed by atoms with van der Waals surface area (Å²) in [5.41, 5.74) is 1.09. The number of H-pyrrole nitrogens is 1. The number of hydrogen-bond donors (Lipinski definition) is 2. The van der Waals surface area contributed by atoms with Crippen LogP contribution in [0.5, 0.6) is 0 Å². The summed E-state index contributed by atoms with van der Waals surface area (Å²) in [5, 5.41) is 4.09. The second kappa shape index (κ2) is 8.44. The molecule has 2 amide bonds. The lowest BCUT2D eigenvalue weighted by molar-refractivity contribution is 0.193. The minimum absolute atomic E-state index is 0.0560. The van der Waals surface area contributed by atoms with Crippen molar-refractivity contribution in [3.8, 4) is 0 Å². The van der Waals surface area contributed by atoms with Gasteiger partial charge in [0.15, 0.2) is 0 Å². The number of urea groups is 1. The Kier molecular flexibility index (Phi) is 5.99. The van der Waals surface area contributed by atoms with E-state index in [1.807, 2.05) is 26.0 Å². The smallest absolute Gasteiger partial charge is 0.322 e. The van der Waals surface area contributed by atoms with Crippen LogP contribution in [0.2, 0.25) is 5.02 Å². The molecule has 7 heteroatoms. The van der Waals surface area contributed by atoms with Gasteiger partial charge < -0.3 is 15.2 Å². The normalized spacial score (nSPS) is 12.0. The standard InChI is InChI=1S/C21H21ClFN3O2/c1-3-10-26(21(28)25-14-8-9-19(23)18(22)11-14)13(2)17-12-24-20(27)16-7-5-4-6-15(16)17/h4-9,11-13H,3,10H2,1-2H3,(H,24,27)(H,25,28). The summed E-state index contributed by atoms with van der Waals surface area (Å²) in [6.07, 6.45) is 2.41. The number of fused-ring (bicyclic) bond motifs is 1. The monoisotopic (exact) mass is 401 g/mol. The summed E-state index contributed by atoms with van der Waals surface area (Å²) in [7, 11) is 0. The van der Waals surface area contributed by atoms with Crippen LogP contribution in [0.15, 0.2) is 53.5 Å². The number of rotatable bonds is 5. The minimum Gasteiger partial charge on any atom is -0.328 e. The fourth-order valence-electron chi connectivity index (χ4n) is 3.23. The lowest BCUT2D eigenvalue weighted by atomic mass is 10.0. The predicted octanol–water partition coefficient (Wildman–Crippen LogP) is 5.33. The second-order valence-electron chi connectivity index (χ2n) is 6.55. The second-order valence-corrected chi connectivity index (χ2v) is 6.95. The van der Waals surface area contributed by atoms with E-state index >= 15 is 0 Å². The van der Waals surface area contributed by atoms with Gasteiger partial charge >= 0.3 is 6.03 Å². The van der Waals surface area contributed by atoms with Gasteiger partial charge in [-0.15, -0.1) is 0 Å². The molecular weight excluding hydrogens is 381 g/mol. The SMILES string of the molecule is CCCN(C(=O)Nc1ccc(F)c(Cl)c1)C(C)c1c[nH]c(=O)c2ccccc12. The van der Waals surface area contributed by atoms with Gasteiger partial charge in [-0.25, -0.2) is 9.18 Å². The summed E-state index contributed by atoms with van der Waals surface area (Å²) >= 11 is 5.80. The zero-order valence-corrected chi connectivity index (χ0v) is 16.4. The molecule has 0 saturated heterocycles. The highest BCUT2D eigenvalue weighted by Crippen LogP contribution is 2.27. The van der Waals surface area contributed by atoms with Gasteiger partial charge in [-0.05, 0) is 48.6 Å². The number of nitrogens with one attached hydrogen (secondary N) is 2. The third-order valence-corrected chi connectivity index (χ3v) is 4.94. The van der Waals surface area contributed by atoms with Crippen LogP contribution in [0.1, 0.15) is 31.9 Å². The van der Waals surface area contributed by atoms with Crippen LogP contribution >= 0.6 is 11.6 Å². The molecule has 0 spiro atoms. The number of benzene rings is 2. The van der Waals surface area contributed by atoms with Crippen molar-refractivity contribution in [1.82, 2.24) is 9.88 Å². The number of amides is 2. The van der Waals surface area contributed by atoms with E-state index in [9.17, 15) is 14.0 Å². The third kappa shape index (κ3) is 4.02. The molecule has 3 rings (SSSR count). The number of aromatic nitrogens is 1. The van der Waals surface area contributed by atoms with E-state index in [2.05, 4.69) is 10.3 Å². The van der Waals surface area contributed by atoms with Crippen molar-refractivity contribution in [2.24, 2.45) is 0 Å². The van der Waals surface area contributed by atoms with Gasteiger partial charge in [0.25, 0.3) is 5.56 Å². The number of carbonyl (C=O) groups is 1. The molecule has 0 aliphatic carbocycles. The number of halogens is 2. The van der Waals surface area contributed by atoms with E-state index in [4.69, 9.17) is 11.6 Å². The molecule has 1 heterocycles. The topological polar surface area (TPSA) is 65.2 Å². The van der Waals surface area contributed by atoms with Gasteiger partial charge in [-0.2, -0.15) is 0 Å². The molecule has 2 aromatic carbocycles. The van der Waals surface area contributed by atoms with Crippen LogP contribution in [-0.4, -0.2) is 22.5 Å². The fourth-order valence-corrected chi connectivity index (χ4v) is 3.41. The van der Waals surface area contributed by atoms with E-state index in [-0.39, 0.29) is 22.7 Å². The molecule has 3 aromatic rings. The molecule has 0 radical (unpaired) electrons. The molecule has 0 bridgehead atoms. The van der Waals surface area contributed by atoms with Gasteiger partial charge in [0.1, 0.15) is 5.82 Å². The van der Waals surface area contributed by atoms with E-state index in [1.54, 1.807) is 23.2 Å². The van der Waals surface area contributed by atoms with Gasteiger partial charge in [0, 0.05) is 23.8 Å². The number of nitrogens with zero attached hydrogens (tertiary/aromatic N) is 1. The Bertz CT molecular complexity index is 1070. The van der Waals surface area contributed by atoms with E-state index in [0.717, 1.165) is 17.4 Å². The predicted molar refractivity (Wildman–Crippen MR) is 110 cm³/mol. The number of pyridine rings is 1. The first kappa shape index (κ1) is 19.9. The molecule has 0 aliphatic rings. The van der Waals surface area contributed by atoms with Crippen LogP contribution in [0.3, 0.4) is 0 Å². The van der Waals surface area contributed by atoms with Gasteiger partial charge in [-0.1, -0.05) is 36.7 Å². The van der Waals surface area contributed by atoms with E-state index < -0.39 is 5.82 Å². The lowest BCUT2D eigenvalue weighted by Crippen LogP contribution is -2.38. The minimum atomic E-state index is -0.543. The maximum Gasteiger partial charge on any atom is 0.322 e. The van der Waals surface area contributed by atoms with E-state index in [0.29, 0.717) is 17.6 Å². The average Bonchev–Trinajstić information content (AvgIpc) is 2.69. The molecule has 146 valence electrons. The van der Waals surface area contributed by atoms with Gasteiger partial charge in [0.2, 0.25) is 0 Å². The first-order valence-corrected chi connectivity index (χ1v) is 9.43. The highest BCUT2D eigenvalue weighted by molar-refractivity contribution is 6.31. The summed E-state index contributed by atoms with van der Waals surface area (Å²) in [4.78, 5) is 29.4. The summed E-state index contributed by atoms with van der Waals surface area (Å²) in [6.45, 7) is 4.40. The Hall–Kier alpha value is -2.86. The Balaban J connectivity index is 1.93. The van der Waals surface area contributed by atoms with Gasteiger partial charge in [0.05, 0.1) is 11.1 Å². The highest BCUT2D eigenvalue weighted by atomic mass is 35.5. The quantitative estimate of drug-likeness (QED) is 0.607. The fraction of sp³-hybridized carbons (Fsp3) is 0.238. The first-order valence-electron chi connectivity index (χ1n) is 9.05. The zero-order valence-electron chi connectivity index (χ0n) is 15.6. The molecule has 2 N–H and O–H groups in total. The number of carbonyl (C=O) groups excluding carboxylic acids is 1. The van der Waals surface area contributed by atoms with Crippen LogP contribution in [-0.2, 0) is 0 Å². The molecule has 1 atom stereocenters. The molecule has 28 heavy (non-hydrogen) atoms. The first-order chi connectivity index (χ1) is 13.4. The molecule has 1 unspecified atom stereocenters. The van der Waals surface area contributed by atoms with Crippen LogP contribution < -0.4 is 10.9 Å². The van der Waals surface area contributed by atoms with Crippen LogP contribution in [0.4, 0.5) is 14.9 Å². The van der Waals surface area contributed by atoms with Crippen molar-refractivity contribution >= 4 is 34.1 Å². The number of hydrogen-bond acceptors (Lipinski definition) is 2. The van der Waals surface area contributed by atoms with Crippen LogP contribution in [0, 0.1) is 5.82 Å². The van der Waals surface area contributed by atoms with Gasteiger partial charge in [-0.3, -0.25) is 4.79 Å². The molecule has 1 aromatic heterocycles. The number of aromatic amines is 1. The van der Waals surface area contributed by atoms with E-state index in [1.165, 1.54) is 18.2 Å². The summed E-state index contributed by atoms with van der Waals surface area (Å²) in [5.74, 6) is -0.543. The van der Waals surface area contributed by atoms with Crippen molar-refractivity contribution < 1.29 is 9.18 Å². The Morgan fingerprint density at radius 2 is 1.96 bits per heavy atom. The zero-order chi connectivity index (χ0) is 20.3. The molecule has 0 saturated carbocycles. The van der Waals surface area contributed by atoms with Crippen molar-refractivity contribution in [2.45, 2.75) is 26.3 Å². The van der Waals surface area contributed by atoms with Crippen LogP contribution in [0.25, 0.3) is 10.8 Å². The highest BCUT2D eigenvalue weighted by Gasteiger charge is 2.23. The largest absolute Gasteiger partial charge is 0.328 e. The number of anilines is 1. The molecule has 5 nitrogen and oxygen atoms in total. The summed E-state index contributed by atoms with van der Waals surface area (Å²) in [6, 6.07) is 10.7. The Labute approximate surface area is 167 Å². The molecular formula is C21H21ClFN3O2. The third-order valence-electron chi connectivity index (χ3n) is 4.66. The Morgan fingerprint density at radius 1 is 1.25 bits per heavy atom. The van der Waals surface area contributed by atoms with Crippen molar-refractivity contribution in [1.29, 1.82) is 0 Å².